The zero-order chi connectivity index (χ0) is 13.9. The van der Waals surface area contributed by atoms with Crippen molar-refractivity contribution >= 4 is 10.1 Å². The van der Waals surface area contributed by atoms with E-state index in [0.717, 1.165) is 10.6 Å². The minimum Gasteiger partial charge on any atom is -0.282 e. The lowest BCUT2D eigenvalue weighted by Gasteiger charge is -2.32. The Morgan fingerprint density at radius 1 is 1.06 bits per heavy atom. The number of rotatable bonds is 1. The summed E-state index contributed by atoms with van der Waals surface area (Å²) in [5.41, 5.74) is -0.108. The highest BCUT2D eigenvalue weighted by molar-refractivity contribution is 7.85. The van der Waals surface area contributed by atoms with Crippen molar-refractivity contribution in [2.75, 3.05) is 0 Å². The third-order valence-electron chi connectivity index (χ3n) is 3.62. The van der Waals surface area contributed by atoms with E-state index < -0.39 is 21.2 Å². The van der Waals surface area contributed by atoms with Gasteiger partial charge in [-0.15, -0.1) is 10.3 Å². The molecule has 0 saturated carbocycles. The Hall–Kier alpha value is -0.950. The maximum atomic E-state index is 12.3. The van der Waals surface area contributed by atoms with Gasteiger partial charge in [0.05, 0.1) is 16.0 Å². The van der Waals surface area contributed by atoms with Crippen LogP contribution < -0.4 is 0 Å². The van der Waals surface area contributed by atoms with Crippen LogP contribution in [0.25, 0.3) is 0 Å². The molecule has 1 aromatic carbocycles. The van der Waals surface area contributed by atoms with Gasteiger partial charge in [-0.05, 0) is 51.0 Å². The zero-order valence-corrected chi connectivity index (χ0v) is 11.6. The quantitative estimate of drug-likeness (QED) is 0.792. The van der Waals surface area contributed by atoms with Crippen LogP contribution in [0.15, 0.2) is 23.1 Å². The van der Waals surface area contributed by atoms with Gasteiger partial charge < -0.3 is 0 Å². The number of benzene rings is 1. The van der Waals surface area contributed by atoms with Crippen molar-refractivity contribution in [3.8, 4) is 0 Å². The largest absolute Gasteiger partial charge is 0.294 e. The molecule has 0 fully saturated rings. The molecule has 0 spiro atoms. The van der Waals surface area contributed by atoms with E-state index in [1.807, 2.05) is 0 Å². The molecule has 0 atom stereocenters. The van der Waals surface area contributed by atoms with Gasteiger partial charge in [-0.1, -0.05) is 6.07 Å². The summed E-state index contributed by atoms with van der Waals surface area (Å²) in [7, 11) is -4.25. The first kappa shape index (κ1) is 13.5. The van der Waals surface area contributed by atoms with E-state index in [4.69, 9.17) is 4.55 Å². The molecule has 1 heterocycles. The molecule has 0 saturated heterocycles. The van der Waals surface area contributed by atoms with Gasteiger partial charge in [-0.2, -0.15) is 8.42 Å². The van der Waals surface area contributed by atoms with Crippen molar-refractivity contribution in [1.82, 2.24) is 5.06 Å². The molecular formula is C12H16NO4S. The average molecular weight is 270 g/mol. The van der Waals surface area contributed by atoms with Crippen molar-refractivity contribution < 1.29 is 18.2 Å². The Balaban J connectivity index is 2.74. The zero-order valence-electron chi connectivity index (χ0n) is 10.8. The molecule has 5 nitrogen and oxygen atoms in total. The predicted molar refractivity (Wildman–Crippen MR) is 64.8 cm³/mol. The molecular weight excluding hydrogens is 254 g/mol. The van der Waals surface area contributed by atoms with E-state index in [0.29, 0.717) is 5.56 Å². The van der Waals surface area contributed by atoms with Crippen molar-refractivity contribution in [2.24, 2.45) is 0 Å². The van der Waals surface area contributed by atoms with Gasteiger partial charge in [0.25, 0.3) is 10.1 Å². The molecule has 1 radical (unpaired) electrons. The molecule has 1 aliphatic rings. The van der Waals surface area contributed by atoms with Crippen LogP contribution in [0.3, 0.4) is 0 Å². The monoisotopic (exact) mass is 270 g/mol. The summed E-state index contributed by atoms with van der Waals surface area (Å²) in [6.07, 6.45) is 0. The molecule has 0 amide bonds. The van der Waals surface area contributed by atoms with Crippen molar-refractivity contribution in [3.63, 3.8) is 0 Å². The highest BCUT2D eigenvalue weighted by atomic mass is 32.2. The SMILES string of the molecule is CC1(C)c2ccc(S(=O)(=O)O)cc2C(C)(C)N1[O]. The molecule has 0 unspecified atom stereocenters. The van der Waals surface area contributed by atoms with Gasteiger partial charge in [-0.25, -0.2) is 0 Å². The summed E-state index contributed by atoms with van der Waals surface area (Å²) < 4.78 is 31.4. The Kier molecular flexibility index (Phi) is 2.65. The third kappa shape index (κ3) is 1.68. The summed E-state index contributed by atoms with van der Waals surface area (Å²) in [6.45, 7) is 7.06. The Morgan fingerprint density at radius 3 is 2.06 bits per heavy atom. The standard InChI is InChI=1S/C12H16NO4S/c1-11(2)9-6-5-8(18(15,16)17)7-10(9)12(3,4)13(11)14/h5-7H,1-4H3,(H,15,16,17). The predicted octanol–water partition coefficient (Wildman–Crippen LogP) is 2.06. The molecule has 0 aliphatic carbocycles. The smallest absolute Gasteiger partial charge is 0.282 e. The van der Waals surface area contributed by atoms with Gasteiger partial charge >= 0.3 is 0 Å². The fourth-order valence-electron chi connectivity index (χ4n) is 2.64. The fraction of sp³-hybridized carbons (Fsp3) is 0.500. The Bertz CT molecular complexity index is 605. The molecule has 1 N–H and O–H groups in total. The van der Waals surface area contributed by atoms with Crippen molar-refractivity contribution in [1.29, 1.82) is 0 Å². The summed E-state index contributed by atoms with van der Waals surface area (Å²) in [4.78, 5) is -0.180. The maximum absolute atomic E-state index is 12.3. The summed E-state index contributed by atoms with van der Waals surface area (Å²) >= 11 is 0. The molecule has 0 aromatic heterocycles. The van der Waals surface area contributed by atoms with Crippen molar-refractivity contribution in [3.05, 3.63) is 29.3 Å². The first-order chi connectivity index (χ1) is 7.99. The highest BCUT2D eigenvalue weighted by Crippen LogP contribution is 2.48. The number of hydrogen-bond donors (Lipinski definition) is 1. The molecule has 1 aromatic rings. The second-order valence-electron chi connectivity index (χ2n) is 5.59. The van der Waals surface area contributed by atoms with Crippen LogP contribution in [-0.4, -0.2) is 18.0 Å². The topological polar surface area (TPSA) is 77.5 Å². The van der Waals surface area contributed by atoms with Crippen LogP contribution in [-0.2, 0) is 26.4 Å². The summed E-state index contributed by atoms with van der Waals surface area (Å²) in [5.74, 6) is 0. The Morgan fingerprint density at radius 2 is 1.56 bits per heavy atom. The number of nitrogens with zero attached hydrogens (tertiary/aromatic N) is 1. The average Bonchev–Trinajstić information content (AvgIpc) is 2.37. The van der Waals surface area contributed by atoms with Gasteiger partial charge in [-0.3, -0.25) is 4.55 Å². The number of hydrogen-bond acceptors (Lipinski definition) is 3. The normalized spacial score (nSPS) is 21.9. The van der Waals surface area contributed by atoms with Crippen LogP contribution in [0.1, 0.15) is 38.8 Å². The number of fused-ring (bicyclic) bond motifs is 1. The summed E-state index contributed by atoms with van der Waals surface area (Å²) in [6, 6.07) is 4.30. The number of hydroxylamine groups is 2. The van der Waals surface area contributed by atoms with Crippen LogP contribution in [0, 0.1) is 0 Å². The van der Waals surface area contributed by atoms with E-state index >= 15 is 0 Å². The third-order valence-corrected chi connectivity index (χ3v) is 4.47. The van der Waals surface area contributed by atoms with Crippen LogP contribution in [0.2, 0.25) is 0 Å². The maximum Gasteiger partial charge on any atom is 0.294 e. The molecule has 18 heavy (non-hydrogen) atoms. The summed E-state index contributed by atoms with van der Waals surface area (Å²) in [5, 5.41) is 13.2. The van der Waals surface area contributed by atoms with Gasteiger partial charge in [0.2, 0.25) is 0 Å². The molecule has 2 rings (SSSR count). The molecule has 99 valence electrons. The minimum absolute atomic E-state index is 0.180. The first-order valence-corrected chi connectivity index (χ1v) is 7.03. The lowest BCUT2D eigenvalue weighted by molar-refractivity contribution is -0.266. The Labute approximate surface area is 107 Å². The first-order valence-electron chi connectivity index (χ1n) is 5.59. The van der Waals surface area contributed by atoms with Gasteiger partial charge in [0.15, 0.2) is 0 Å². The molecule has 6 heteroatoms. The second kappa shape index (κ2) is 3.54. The lowest BCUT2D eigenvalue weighted by atomic mass is 9.91. The van der Waals surface area contributed by atoms with Crippen molar-refractivity contribution in [2.45, 2.75) is 43.7 Å². The molecule has 1 aliphatic heterocycles. The van der Waals surface area contributed by atoms with Crippen LogP contribution in [0.4, 0.5) is 0 Å². The second-order valence-corrected chi connectivity index (χ2v) is 7.02. The van der Waals surface area contributed by atoms with Gasteiger partial charge in [0, 0.05) is 0 Å². The van der Waals surface area contributed by atoms with Crippen LogP contribution >= 0.6 is 0 Å². The minimum atomic E-state index is -4.25. The van der Waals surface area contributed by atoms with E-state index in [1.165, 1.54) is 12.1 Å². The van der Waals surface area contributed by atoms with E-state index in [2.05, 4.69) is 0 Å². The fourth-order valence-corrected chi connectivity index (χ4v) is 3.15. The van der Waals surface area contributed by atoms with Gasteiger partial charge in [0.1, 0.15) is 0 Å². The lowest BCUT2D eigenvalue weighted by Crippen LogP contribution is -2.41. The van der Waals surface area contributed by atoms with Crippen LogP contribution in [0.5, 0.6) is 0 Å². The van der Waals surface area contributed by atoms with E-state index in [1.54, 1.807) is 33.8 Å². The van der Waals surface area contributed by atoms with E-state index in [-0.39, 0.29) is 4.90 Å². The van der Waals surface area contributed by atoms with E-state index in [9.17, 15) is 13.6 Å². The molecule has 0 bridgehead atoms. The highest BCUT2D eigenvalue weighted by Gasteiger charge is 2.50.